The molecule has 0 amide bonds. The lowest BCUT2D eigenvalue weighted by atomic mass is 10.0. The SMILES string of the molecule is C(=Cc1ccc2ccccc2c1Oc1c(C=Cc2ccccc2)ccc2ccccc12)c1ccccc1.C=C. The van der Waals surface area contributed by atoms with Crippen molar-refractivity contribution in [2.45, 2.75) is 0 Å². The first-order valence-corrected chi connectivity index (χ1v) is 13.0. The van der Waals surface area contributed by atoms with Gasteiger partial charge in [-0.15, -0.1) is 13.2 Å². The zero-order chi connectivity index (χ0) is 26.9. The van der Waals surface area contributed by atoms with E-state index in [-0.39, 0.29) is 0 Å². The van der Waals surface area contributed by atoms with Crippen LogP contribution in [0, 0.1) is 0 Å². The number of hydrogen-bond donors (Lipinski definition) is 0. The first kappa shape index (κ1) is 25.5. The normalized spacial score (nSPS) is 11.1. The molecule has 6 rings (SSSR count). The smallest absolute Gasteiger partial charge is 0.142 e. The summed E-state index contributed by atoms with van der Waals surface area (Å²) in [5, 5.41) is 4.47. The molecule has 0 aliphatic heterocycles. The number of ether oxygens (including phenoxy) is 1. The highest BCUT2D eigenvalue weighted by molar-refractivity contribution is 5.96. The van der Waals surface area contributed by atoms with Crippen LogP contribution in [0.4, 0.5) is 0 Å². The summed E-state index contributed by atoms with van der Waals surface area (Å²) in [4.78, 5) is 0. The van der Waals surface area contributed by atoms with Crippen LogP contribution in [0.3, 0.4) is 0 Å². The van der Waals surface area contributed by atoms with Gasteiger partial charge < -0.3 is 4.74 Å². The number of rotatable bonds is 6. The quantitative estimate of drug-likeness (QED) is 0.163. The van der Waals surface area contributed by atoms with Crippen LogP contribution >= 0.6 is 0 Å². The molecule has 0 saturated heterocycles. The molecular weight excluding hydrogens is 472 g/mol. The molecule has 6 aromatic rings. The molecule has 6 aromatic carbocycles. The second kappa shape index (κ2) is 12.4. The fourth-order valence-electron chi connectivity index (χ4n) is 4.61. The van der Waals surface area contributed by atoms with Crippen molar-refractivity contribution in [3.8, 4) is 11.5 Å². The van der Waals surface area contributed by atoms with E-state index in [0.29, 0.717) is 0 Å². The van der Waals surface area contributed by atoms with E-state index >= 15 is 0 Å². The summed E-state index contributed by atoms with van der Waals surface area (Å²) in [7, 11) is 0. The molecule has 0 aromatic heterocycles. The Bertz CT molecular complexity index is 1610. The summed E-state index contributed by atoms with van der Waals surface area (Å²) < 4.78 is 6.94. The monoisotopic (exact) mass is 502 g/mol. The van der Waals surface area contributed by atoms with Gasteiger partial charge in [0.2, 0.25) is 0 Å². The van der Waals surface area contributed by atoms with Crippen LogP contribution in [0.5, 0.6) is 11.5 Å². The van der Waals surface area contributed by atoms with Gasteiger partial charge in [0.15, 0.2) is 0 Å². The summed E-state index contributed by atoms with van der Waals surface area (Å²) in [5.74, 6) is 1.71. The van der Waals surface area contributed by atoms with Gasteiger partial charge in [-0.3, -0.25) is 0 Å². The van der Waals surface area contributed by atoms with Crippen LogP contribution in [-0.2, 0) is 0 Å². The highest BCUT2D eigenvalue weighted by Gasteiger charge is 2.14. The van der Waals surface area contributed by atoms with Crippen LogP contribution in [0.2, 0.25) is 0 Å². The van der Waals surface area contributed by atoms with Gasteiger partial charge in [0.05, 0.1) is 0 Å². The minimum atomic E-state index is 0.857. The van der Waals surface area contributed by atoms with Crippen LogP contribution in [0.1, 0.15) is 22.3 Å². The van der Waals surface area contributed by atoms with Crippen molar-refractivity contribution < 1.29 is 4.74 Å². The first-order chi connectivity index (χ1) is 19.3. The average Bonchev–Trinajstić information content (AvgIpc) is 3.02. The van der Waals surface area contributed by atoms with Crippen molar-refractivity contribution in [1.82, 2.24) is 0 Å². The Labute approximate surface area is 230 Å². The largest absolute Gasteiger partial charge is 0.455 e. The minimum Gasteiger partial charge on any atom is -0.455 e. The van der Waals surface area contributed by atoms with Crippen molar-refractivity contribution in [3.05, 3.63) is 169 Å². The Morgan fingerprint density at radius 2 is 0.769 bits per heavy atom. The van der Waals surface area contributed by atoms with Gasteiger partial charge in [0.1, 0.15) is 11.5 Å². The predicted octanol–water partition coefficient (Wildman–Crippen LogP) is 10.9. The van der Waals surface area contributed by atoms with Gasteiger partial charge in [-0.05, 0) is 21.9 Å². The molecule has 0 aliphatic carbocycles. The van der Waals surface area contributed by atoms with Crippen molar-refractivity contribution >= 4 is 45.8 Å². The molecule has 188 valence electrons. The molecule has 0 spiro atoms. The molecule has 1 nitrogen and oxygen atoms in total. The molecule has 1 heteroatoms. The molecule has 0 N–H and O–H groups in total. The van der Waals surface area contributed by atoms with E-state index in [9.17, 15) is 0 Å². The lowest BCUT2D eigenvalue weighted by Gasteiger charge is -2.16. The van der Waals surface area contributed by atoms with E-state index in [1.165, 1.54) is 0 Å². The Morgan fingerprint density at radius 1 is 0.385 bits per heavy atom. The Hall–Kier alpha value is -5.14. The Kier molecular flexibility index (Phi) is 8.11. The second-order valence-electron chi connectivity index (χ2n) is 9.00. The van der Waals surface area contributed by atoms with Gasteiger partial charge in [-0.25, -0.2) is 0 Å². The summed E-state index contributed by atoms with van der Waals surface area (Å²) >= 11 is 0. The summed E-state index contributed by atoms with van der Waals surface area (Å²) in [5.41, 5.74) is 4.37. The molecule has 0 aliphatic rings. The van der Waals surface area contributed by atoms with Crippen molar-refractivity contribution in [1.29, 1.82) is 0 Å². The highest BCUT2D eigenvalue weighted by atomic mass is 16.5. The lowest BCUT2D eigenvalue weighted by Crippen LogP contribution is -1.93. The van der Waals surface area contributed by atoms with E-state index in [4.69, 9.17) is 4.74 Å². The maximum atomic E-state index is 6.94. The molecule has 0 atom stereocenters. The summed E-state index contributed by atoms with van der Waals surface area (Å²) in [6.45, 7) is 6.00. The van der Waals surface area contributed by atoms with E-state index in [2.05, 4.69) is 159 Å². The number of fused-ring (bicyclic) bond motifs is 2. The maximum Gasteiger partial charge on any atom is 0.142 e. The Morgan fingerprint density at radius 3 is 1.21 bits per heavy atom. The van der Waals surface area contributed by atoms with Crippen molar-refractivity contribution in [3.63, 3.8) is 0 Å². The van der Waals surface area contributed by atoms with Crippen LogP contribution in [0.25, 0.3) is 45.8 Å². The van der Waals surface area contributed by atoms with Crippen LogP contribution < -0.4 is 4.74 Å². The molecule has 0 fully saturated rings. The summed E-state index contributed by atoms with van der Waals surface area (Å²) in [6.07, 6.45) is 8.55. The molecular formula is C38H30O. The third-order valence-corrected chi connectivity index (χ3v) is 6.53. The third kappa shape index (κ3) is 5.89. The van der Waals surface area contributed by atoms with Gasteiger partial charge in [0.25, 0.3) is 0 Å². The van der Waals surface area contributed by atoms with E-state index in [1.54, 1.807) is 0 Å². The Balaban J connectivity index is 0.00000151. The van der Waals surface area contributed by atoms with Gasteiger partial charge >= 0.3 is 0 Å². The predicted molar refractivity (Wildman–Crippen MR) is 170 cm³/mol. The van der Waals surface area contributed by atoms with E-state index in [0.717, 1.165) is 55.3 Å². The lowest BCUT2D eigenvalue weighted by molar-refractivity contribution is 0.492. The standard InChI is InChI=1S/C36H26O.C2H4/c1-3-11-27(12-4-1)19-21-31-25-23-29-15-7-9-17-33(29)35(31)37-36-32(22-20-28-13-5-2-6-14-28)26-24-30-16-8-10-18-34(30)36;1-2/h1-26H;1-2H2. The summed E-state index contributed by atoms with van der Waals surface area (Å²) in [6, 6.07) is 46.1. The third-order valence-electron chi connectivity index (χ3n) is 6.53. The molecule has 0 unspecified atom stereocenters. The minimum absolute atomic E-state index is 0.857. The maximum absolute atomic E-state index is 6.94. The van der Waals surface area contributed by atoms with Crippen LogP contribution in [-0.4, -0.2) is 0 Å². The molecule has 0 saturated carbocycles. The van der Waals surface area contributed by atoms with Gasteiger partial charge in [0, 0.05) is 21.9 Å². The molecule has 0 radical (unpaired) electrons. The first-order valence-electron chi connectivity index (χ1n) is 13.0. The fourth-order valence-corrected chi connectivity index (χ4v) is 4.61. The number of hydrogen-bond acceptors (Lipinski definition) is 1. The van der Waals surface area contributed by atoms with E-state index < -0.39 is 0 Å². The van der Waals surface area contributed by atoms with Crippen molar-refractivity contribution in [2.75, 3.05) is 0 Å². The zero-order valence-electron chi connectivity index (χ0n) is 21.8. The van der Waals surface area contributed by atoms with Crippen molar-refractivity contribution in [2.24, 2.45) is 0 Å². The fraction of sp³-hybridized carbons (Fsp3) is 0. The topological polar surface area (TPSA) is 9.23 Å². The van der Waals surface area contributed by atoms with Gasteiger partial charge in [-0.2, -0.15) is 0 Å². The molecule has 0 bridgehead atoms. The van der Waals surface area contributed by atoms with E-state index in [1.807, 2.05) is 12.1 Å². The number of benzene rings is 6. The second-order valence-corrected chi connectivity index (χ2v) is 9.00. The average molecular weight is 503 g/mol. The highest BCUT2D eigenvalue weighted by Crippen LogP contribution is 2.40. The van der Waals surface area contributed by atoms with Gasteiger partial charge in [-0.1, -0.05) is 158 Å². The zero-order valence-corrected chi connectivity index (χ0v) is 21.8. The van der Waals surface area contributed by atoms with Crippen LogP contribution in [0.15, 0.2) is 147 Å². The molecule has 39 heavy (non-hydrogen) atoms. The molecule has 0 heterocycles.